The Bertz CT molecular complexity index is 908. The zero-order valence-corrected chi connectivity index (χ0v) is 16.1. The fourth-order valence-electron chi connectivity index (χ4n) is 3.39. The van der Waals surface area contributed by atoms with Crippen molar-refractivity contribution in [3.63, 3.8) is 0 Å². The van der Waals surface area contributed by atoms with Gasteiger partial charge in [0.2, 0.25) is 0 Å². The fourth-order valence-corrected chi connectivity index (χ4v) is 3.39. The second-order valence-electron chi connectivity index (χ2n) is 6.62. The molecule has 1 aliphatic rings. The highest BCUT2D eigenvalue weighted by Crippen LogP contribution is 2.38. The minimum Gasteiger partial charge on any atom is -0.466 e. The van der Waals surface area contributed by atoms with E-state index in [0.717, 1.165) is 28.8 Å². The number of nitrogens with one attached hydrogen (secondary N) is 1. The number of hydrogen-bond donors (Lipinski definition) is 1. The Kier molecular flexibility index (Phi) is 6.64. The van der Waals surface area contributed by atoms with Crippen molar-refractivity contribution >= 4 is 12.0 Å². The second-order valence-corrected chi connectivity index (χ2v) is 6.62. The lowest BCUT2D eigenvalue weighted by molar-refractivity contribution is -0.136. The van der Waals surface area contributed by atoms with Gasteiger partial charge in [0.05, 0.1) is 12.7 Å². The lowest BCUT2D eigenvalue weighted by atomic mass is 9.80. The van der Waals surface area contributed by atoms with Crippen molar-refractivity contribution < 1.29 is 9.53 Å². The van der Waals surface area contributed by atoms with Crippen LogP contribution >= 0.6 is 0 Å². The molecule has 0 heterocycles. The van der Waals surface area contributed by atoms with Crippen LogP contribution in [0.4, 0.5) is 0 Å². The predicted octanol–water partition coefficient (Wildman–Crippen LogP) is 5.02. The number of rotatable bonds is 7. The van der Waals surface area contributed by atoms with Gasteiger partial charge in [-0.05, 0) is 29.2 Å². The standard InChI is InChI=1S/C25H25NO2/c1-3-16-26-23-18-20(15-14-19-10-6-4-7-11-19)17-22(24(23)25(27)28-2)21-12-8-5-9-13-21/h3-15,18,22,26H,1,16-17H2,2H3/b15-14+. The maximum absolute atomic E-state index is 12.6. The number of ether oxygens (including phenoxy) is 1. The van der Waals surface area contributed by atoms with Gasteiger partial charge in [-0.1, -0.05) is 78.9 Å². The molecule has 1 N–H and O–H groups in total. The zero-order valence-electron chi connectivity index (χ0n) is 16.1. The zero-order chi connectivity index (χ0) is 19.8. The summed E-state index contributed by atoms with van der Waals surface area (Å²) in [5.41, 5.74) is 4.84. The first-order valence-corrected chi connectivity index (χ1v) is 9.39. The van der Waals surface area contributed by atoms with Crippen molar-refractivity contribution in [2.24, 2.45) is 0 Å². The molecule has 0 saturated heterocycles. The van der Waals surface area contributed by atoms with Gasteiger partial charge < -0.3 is 10.1 Å². The number of allylic oxidation sites excluding steroid dienone is 3. The van der Waals surface area contributed by atoms with Crippen LogP contribution in [0.1, 0.15) is 23.5 Å². The Hall–Kier alpha value is -3.33. The number of carbonyl (C=O) groups is 1. The van der Waals surface area contributed by atoms with E-state index in [1.165, 1.54) is 7.11 Å². The van der Waals surface area contributed by atoms with Crippen molar-refractivity contribution in [3.8, 4) is 0 Å². The Morgan fingerprint density at radius 1 is 1.11 bits per heavy atom. The van der Waals surface area contributed by atoms with Crippen LogP contribution in [0.2, 0.25) is 0 Å². The lowest BCUT2D eigenvalue weighted by Gasteiger charge is -2.27. The van der Waals surface area contributed by atoms with E-state index in [0.29, 0.717) is 12.1 Å². The van der Waals surface area contributed by atoms with Crippen LogP contribution in [0.5, 0.6) is 0 Å². The number of hydrogen-bond acceptors (Lipinski definition) is 3. The highest BCUT2D eigenvalue weighted by Gasteiger charge is 2.30. The highest BCUT2D eigenvalue weighted by molar-refractivity contribution is 5.92. The van der Waals surface area contributed by atoms with Gasteiger partial charge in [0.25, 0.3) is 0 Å². The van der Waals surface area contributed by atoms with Gasteiger partial charge in [0.1, 0.15) is 0 Å². The molecule has 28 heavy (non-hydrogen) atoms. The topological polar surface area (TPSA) is 38.3 Å². The van der Waals surface area contributed by atoms with Gasteiger partial charge in [-0.25, -0.2) is 4.79 Å². The molecule has 2 aromatic carbocycles. The van der Waals surface area contributed by atoms with E-state index in [1.807, 2.05) is 42.5 Å². The summed E-state index contributed by atoms with van der Waals surface area (Å²) < 4.78 is 5.11. The number of carbonyl (C=O) groups excluding carboxylic acids is 1. The molecule has 0 amide bonds. The molecular formula is C25H25NO2. The average molecular weight is 371 g/mol. The van der Waals surface area contributed by atoms with E-state index in [1.54, 1.807) is 6.08 Å². The summed E-state index contributed by atoms with van der Waals surface area (Å²) in [6.07, 6.45) is 8.77. The van der Waals surface area contributed by atoms with Crippen molar-refractivity contribution in [1.29, 1.82) is 0 Å². The molecule has 0 saturated carbocycles. The van der Waals surface area contributed by atoms with Crippen LogP contribution in [-0.2, 0) is 9.53 Å². The summed E-state index contributed by atoms with van der Waals surface area (Å²) >= 11 is 0. The van der Waals surface area contributed by atoms with E-state index >= 15 is 0 Å². The first-order valence-electron chi connectivity index (χ1n) is 9.39. The van der Waals surface area contributed by atoms with Gasteiger partial charge in [-0.15, -0.1) is 6.58 Å². The van der Waals surface area contributed by atoms with Crippen LogP contribution in [0.15, 0.2) is 102 Å². The maximum Gasteiger partial charge on any atom is 0.336 e. The summed E-state index contributed by atoms with van der Waals surface area (Å²) in [7, 11) is 1.43. The lowest BCUT2D eigenvalue weighted by Crippen LogP contribution is -2.25. The van der Waals surface area contributed by atoms with E-state index in [9.17, 15) is 4.79 Å². The number of methoxy groups -OCH3 is 1. The highest BCUT2D eigenvalue weighted by atomic mass is 16.5. The van der Waals surface area contributed by atoms with E-state index < -0.39 is 0 Å². The molecule has 3 heteroatoms. The fraction of sp³-hybridized carbons (Fsp3) is 0.160. The smallest absolute Gasteiger partial charge is 0.336 e. The van der Waals surface area contributed by atoms with Crippen LogP contribution < -0.4 is 5.32 Å². The van der Waals surface area contributed by atoms with Crippen molar-refractivity contribution in [2.45, 2.75) is 12.3 Å². The van der Waals surface area contributed by atoms with Gasteiger partial charge in [-0.3, -0.25) is 0 Å². The van der Waals surface area contributed by atoms with Crippen molar-refractivity contribution in [2.75, 3.05) is 13.7 Å². The maximum atomic E-state index is 12.6. The summed E-state index contributed by atoms with van der Waals surface area (Å²) in [6.45, 7) is 4.34. The quantitative estimate of drug-likeness (QED) is 0.549. The first-order chi connectivity index (χ1) is 13.7. The molecule has 0 fully saturated rings. The minimum atomic E-state index is -0.303. The molecule has 0 bridgehead atoms. The Morgan fingerprint density at radius 2 is 1.79 bits per heavy atom. The largest absolute Gasteiger partial charge is 0.466 e. The third-order valence-electron chi connectivity index (χ3n) is 4.74. The molecule has 1 atom stereocenters. The van der Waals surface area contributed by atoms with Crippen LogP contribution in [-0.4, -0.2) is 19.6 Å². The van der Waals surface area contributed by atoms with Gasteiger partial charge >= 0.3 is 5.97 Å². The summed E-state index contributed by atoms with van der Waals surface area (Å²) in [5, 5.41) is 3.31. The van der Waals surface area contributed by atoms with Crippen LogP contribution in [0.3, 0.4) is 0 Å². The number of benzene rings is 2. The summed E-state index contributed by atoms with van der Waals surface area (Å²) in [5.74, 6) is -0.371. The molecule has 0 radical (unpaired) electrons. The molecular weight excluding hydrogens is 346 g/mol. The van der Waals surface area contributed by atoms with Gasteiger partial charge in [0, 0.05) is 18.2 Å². The molecule has 0 aliphatic heterocycles. The molecule has 0 aromatic heterocycles. The van der Waals surface area contributed by atoms with Crippen LogP contribution in [0, 0.1) is 0 Å². The average Bonchev–Trinajstić information content (AvgIpc) is 2.76. The molecule has 142 valence electrons. The summed E-state index contributed by atoms with van der Waals surface area (Å²) in [4.78, 5) is 12.6. The number of esters is 1. The Labute approximate surface area is 166 Å². The molecule has 0 spiro atoms. The Morgan fingerprint density at radius 3 is 2.43 bits per heavy atom. The monoisotopic (exact) mass is 371 g/mol. The predicted molar refractivity (Wildman–Crippen MR) is 115 cm³/mol. The summed E-state index contributed by atoms with van der Waals surface area (Å²) in [6, 6.07) is 20.3. The Balaban J connectivity index is 2.03. The van der Waals surface area contributed by atoms with Crippen LogP contribution in [0.25, 0.3) is 6.08 Å². The van der Waals surface area contributed by atoms with E-state index in [4.69, 9.17) is 4.74 Å². The third kappa shape index (κ3) is 4.68. The van der Waals surface area contributed by atoms with Crippen molar-refractivity contribution in [3.05, 3.63) is 113 Å². The van der Waals surface area contributed by atoms with E-state index in [-0.39, 0.29) is 11.9 Å². The molecule has 2 aromatic rings. The van der Waals surface area contributed by atoms with E-state index in [2.05, 4.69) is 48.3 Å². The molecule has 1 unspecified atom stereocenters. The van der Waals surface area contributed by atoms with Gasteiger partial charge in [0.15, 0.2) is 0 Å². The molecule has 3 rings (SSSR count). The SMILES string of the molecule is C=CCNC1=C(C(=O)OC)C(c2ccccc2)CC(/C=C/c2ccccc2)=C1. The third-order valence-corrected chi connectivity index (χ3v) is 4.74. The minimum absolute atomic E-state index is 0.0682. The first kappa shape index (κ1) is 19.4. The normalized spacial score (nSPS) is 16.6. The molecule has 1 aliphatic carbocycles. The second kappa shape index (κ2) is 9.56. The van der Waals surface area contributed by atoms with Crippen molar-refractivity contribution in [1.82, 2.24) is 5.32 Å². The van der Waals surface area contributed by atoms with Gasteiger partial charge in [-0.2, -0.15) is 0 Å². The molecule has 3 nitrogen and oxygen atoms in total.